The molecule has 5 aliphatic carbocycles. The number of carbonyl (C=O) groups excluding carboxylic acids is 1. The first-order valence-electron chi connectivity index (χ1n) is 19.0. The molecular formula is C39H64O10. The highest BCUT2D eigenvalue weighted by atomic mass is 16.7. The van der Waals surface area contributed by atoms with Crippen LogP contribution < -0.4 is 0 Å². The van der Waals surface area contributed by atoms with Gasteiger partial charge in [0.2, 0.25) is 0 Å². The summed E-state index contributed by atoms with van der Waals surface area (Å²) in [5, 5.41) is 50.3. The molecule has 15 atom stereocenters. The van der Waals surface area contributed by atoms with E-state index in [2.05, 4.69) is 48.1 Å². The van der Waals surface area contributed by atoms with Gasteiger partial charge in [0.25, 0.3) is 0 Å². The molecule has 1 saturated heterocycles. The fourth-order valence-electron chi connectivity index (χ4n) is 13.4. The molecule has 0 spiro atoms. The first kappa shape index (κ1) is 37.5. The highest BCUT2D eigenvalue weighted by molar-refractivity contribution is 5.60. The molecule has 0 aromatic carbocycles. The van der Waals surface area contributed by atoms with Crippen LogP contribution in [0.5, 0.6) is 0 Å². The third kappa shape index (κ3) is 5.73. The van der Waals surface area contributed by atoms with Crippen molar-refractivity contribution in [3.8, 4) is 0 Å². The van der Waals surface area contributed by atoms with Crippen molar-refractivity contribution >= 4 is 6.16 Å². The lowest BCUT2D eigenvalue weighted by Crippen LogP contribution is -2.67. The van der Waals surface area contributed by atoms with E-state index in [0.29, 0.717) is 36.2 Å². The summed E-state index contributed by atoms with van der Waals surface area (Å²) in [4.78, 5) is 12.9. The Kier molecular flexibility index (Phi) is 10.2. The average molecular weight is 693 g/mol. The second-order valence-electron chi connectivity index (χ2n) is 18.3. The van der Waals surface area contributed by atoms with E-state index in [1.165, 1.54) is 24.8 Å². The van der Waals surface area contributed by atoms with E-state index in [1.807, 2.05) is 0 Å². The molecule has 0 aromatic rings. The smallest absolute Gasteiger partial charge is 0.432 e. The van der Waals surface area contributed by atoms with E-state index in [-0.39, 0.29) is 46.4 Å². The number of fused-ring (bicyclic) bond motifs is 7. The molecule has 5 N–H and O–H groups in total. The molecule has 49 heavy (non-hydrogen) atoms. The van der Waals surface area contributed by atoms with Gasteiger partial charge in [-0.3, -0.25) is 0 Å². The van der Waals surface area contributed by atoms with Crippen molar-refractivity contribution in [2.45, 2.75) is 143 Å². The van der Waals surface area contributed by atoms with Crippen LogP contribution in [-0.2, 0) is 18.9 Å². The van der Waals surface area contributed by atoms with Gasteiger partial charge in [-0.25, -0.2) is 4.79 Å². The van der Waals surface area contributed by atoms with Crippen molar-refractivity contribution in [1.29, 1.82) is 0 Å². The number of allylic oxidation sites excluding steroid dienone is 1. The molecule has 6 fully saturated rings. The molecule has 10 nitrogen and oxygen atoms in total. The predicted molar refractivity (Wildman–Crippen MR) is 182 cm³/mol. The number of aliphatic hydroxyl groups excluding tert-OH is 5. The SMILES string of the molecule is C=C(C)[C@@H]1CCC2(CO)CC[C@]3(C)C(CCC4C5(C)CCC(OC(=O)OCCOC6OC(CO)[C@@H](O)C(O)[C@H]6O)C(C)(C)C5CCC43C)C12. The Labute approximate surface area is 292 Å². The minimum Gasteiger partial charge on any atom is -0.432 e. The van der Waals surface area contributed by atoms with Crippen molar-refractivity contribution in [3.05, 3.63) is 12.2 Å². The predicted octanol–water partition coefficient (Wildman–Crippen LogP) is 4.97. The Morgan fingerprint density at radius 2 is 1.55 bits per heavy atom. The molecule has 1 heterocycles. The van der Waals surface area contributed by atoms with Gasteiger partial charge in [-0.2, -0.15) is 0 Å². The Morgan fingerprint density at radius 3 is 2.22 bits per heavy atom. The van der Waals surface area contributed by atoms with E-state index < -0.39 is 43.5 Å². The van der Waals surface area contributed by atoms with Crippen molar-refractivity contribution in [2.75, 3.05) is 26.4 Å². The van der Waals surface area contributed by atoms with Crippen LogP contribution in [-0.4, -0.2) is 94.9 Å². The summed E-state index contributed by atoms with van der Waals surface area (Å²) < 4.78 is 22.2. The first-order valence-corrected chi connectivity index (χ1v) is 19.0. The molecule has 0 bridgehead atoms. The number of ether oxygens (including phenoxy) is 4. The number of rotatable bonds is 8. The van der Waals surface area contributed by atoms with Crippen LogP contribution in [0.2, 0.25) is 0 Å². The lowest BCUT2D eigenvalue weighted by molar-refractivity contribution is -0.302. The summed E-state index contributed by atoms with van der Waals surface area (Å²) in [6, 6.07) is 0. The zero-order chi connectivity index (χ0) is 35.7. The van der Waals surface area contributed by atoms with Gasteiger partial charge in [-0.05, 0) is 122 Å². The second kappa shape index (κ2) is 13.3. The van der Waals surface area contributed by atoms with Gasteiger partial charge in [0.1, 0.15) is 37.1 Å². The molecule has 0 aromatic heterocycles. The van der Waals surface area contributed by atoms with Crippen LogP contribution in [0.4, 0.5) is 4.79 Å². The Balaban J connectivity index is 1.09. The molecule has 5 saturated carbocycles. The van der Waals surface area contributed by atoms with Crippen molar-refractivity contribution < 1.29 is 49.3 Å². The molecule has 0 radical (unpaired) electrons. The maximum atomic E-state index is 12.9. The Bertz CT molecular complexity index is 1240. The van der Waals surface area contributed by atoms with Crippen molar-refractivity contribution in [3.63, 3.8) is 0 Å². The van der Waals surface area contributed by atoms with E-state index in [9.17, 15) is 30.3 Å². The monoisotopic (exact) mass is 692 g/mol. The maximum absolute atomic E-state index is 12.9. The molecule has 280 valence electrons. The average Bonchev–Trinajstić information content (AvgIpc) is 3.45. The number of hydrogen-bond acceptors (Lipinski definition) is 10. The van der Waals surface area contributed by atoms with Crippen LogP contribution in [0.25, 0.3) is 0 Å². The fourth-order valence-corrected chi connectivity index (χ4v) is 13.4. The molecule has 6 rings (SSSR count). The second-order valence-corrected chi connectivity index (χ2v) is 18.3. The van der Waals surface area contributed by atoms with Crippen LogP contribution >= 0.6 is 0 Å². The van der Waals surface area contributed by atoms with Gasteiger partial charge in [-0.15, -0.1) is 0 Å². The zero-order valence-electron chi connectivity index (χ0n) is 30.7. The highest BCUT2D eigenvalue weighted by Gasteiger charge is 2.71. The summed E-state index contributed by atoms with van der Waals surface area (Å²) in [6.07, 6.45) is 3.14. The Morgan fingerprint density at radius 1 is 0.816 bits per heavy atom. The van der Waals surface area contributed by atoms with Gasteiger partial charge in [0.05, 0.1) is 13.2 Å². The minimum absolute atomic E-state index is 0.0517. The molecular weight excluding hydrogens is 628 g/mol. The van der Waals surface area contributed by atoms with Crippen molar-refractivity contribution in [2.24, 2.45) is 56.7 Å². The van der Waals surface area contributed by atoms with Crippen LogP contribution in [0.3, 0.4) is 0 Å². The fraction of sp³-hybridized carbons (Fsp3) is 0.923. The molecule has 11 unspecified atom stereocenters. The van der Waals surface area contributed by atoms with E-state index in [0.717, 1.165) is 44.9 Å². The molecule has 6 aliphatic rings. The maximum Gasteiger partial charge on any atom is 0.508 e. The number of carbonyl (C=O) groups is 1. The summed E-state index contributed by atoms with van der Waals surface area (Å²) in [6.45, 7) is 18.4. The normalized spacial score (nSPS) is 50.3. The summed E-state index contributed by atoms with van der Waals surface area (Å²) in [5.41, 5.74) is 1.65. The van der Waals surface area contributed by atoms with Crippen LogP contribution in [0.15, 0.2) is 12.2 Å². The van der Waals surface area contributed by atoms with Crippen LogP contribution in [0.1, 0.15) is 106 Å². The Hall–Kier alpha value is -1.27. The zero-order valence-corrected chi connectivity index (χ0v) is 30.7. The summed E-state index contributed by atoms with van der Waals surface area (Å²) in [5.74, 6) is 2.61. The molecule has 10 heteroatoms. The first-order chi connectivity index (χ1) is 23.0. The van der Waals surface area contributed by atoms with E-state index >= 15 is 0 Å². The van der Waals surface area contributed by atoms with Gasteiger partial charge < -0.3 is 44.5 Å². The number of aliphatic hydroxyl groups is 5. The van der Waals surface area contributed by atoms with E-state index in [1.54, 1.807) is 0 Å². The summed E-state index contributed by atoms with van der Waals surface area (Å²) >= 11 is 0. The van der Waals surface area contributed by atoms with E-state index in [4.69, 9.17) is 18.9 Å². The topological polar surface area (TPSA) is 155 Å². The lowest BCUT2D eigenvalue weighted by atomic mass is 9.32. The van der Waals surface area contributed by atoms with Crippen molar-refractivity contribution in [1.82, 2.24) is 0 Å². The standard InChI is InChI=1S/C39H64O10/c1-22(2)23-10-15-39(21-41)17-16-37(6)24(29(23)39)8-9-27-36(5)13-12-28(35(3,4)26(36)11-14-38(27,37)7)49-34(45)47-19-18-46-33-32(44)31(43)30(42)25(20-40)48-33/h23-33,40-44H,1,8-21H2,2-7H3/t23-,24?,25?,26?,27?,28?,29?,30+,31?,32+,33?,36?,37+,38?,39?/m0/s1. The van der Waals surface area contributed by atoms with Gasteiger partial charge in [0.15, 0.2) is 6.29 Å². The minimum atomic E-state index is -1.54. The van der Waals surface area contributed by atoms with Gasteiger partial charge >= 0.3 is 6.16 Å². The number of hydrogen-bond donors (Lipinski definition) is 5. The molecule has 1 aliphatic heterocycles. The van der Waals surface area contributed by atoms with Gasteiger partial charge in [0, 0.05) is 12.0 Å². The lowest BCUT2D eigenvalue weighted by Gasteiger charge is -2.73. The highest BCUT2D eigenvalue weighted by Crippen LogP contribution is 2.77. The van der Waals surface area contributed by atoms with Crippen LogP contribution in [0, 0.1) is 56.7 Å². The van der Waals surface area contributed by atoms with Gasteiger partial charge in [-0.1, -0.05) is 46.8 Å². The summed E-state index contributed by atoms with van der Waals surface area (Å²) in [7, 11) is 0. The third-order valence-corrected chi connectivity index (χ3v) is 16.2. The quantitative estimate of drug-likeness (QED) is 0.134. The largest absolute Gasteiger partial charge is 0.508 e. The third-order valence-electron chi connectivity index (χ3n) is 16.2. The molecule has 0 amide bonds.